The molecule has 0 aliphatic carbocycles. The van der Waals surface area contributed by atoms with Gasteiger partial charge in [0.05, 0.1) is 31.2 Å². The van der Waals surface area contributed by atoms with Crippen LogP contribution < -0.4 is 15.0 Å². The van der Waals surface area contributed by atoms with Crippen molar-refractivity contribution in [1.82, 2.24) is 14.9 Å². The molecule has 3 aromatic rings. The standard InChI is InChI=1S/C22H25N3O5/c1-15(30-17-10-8-16(29-3)9-11-17)22(27)25(12-13-28-2)14-20-23-19-7-5-4-6-18(19)21(26)24-20/h4-11,15H,12-14H2,1-3H3,(H,23,24,26)/t15-/m0/s1. The van der Waals surface area contributed by atoms with E-state index in [1.807, 2.05) is 6.07 Å². The van der Waals surface area contributed by atoms with Crippen LogP contribution in [0.3, 0.4) is 0 Å². The Bertz CT molecular complexity index is 1050. The van der Waals surface area contributed by atoms with Crippen LogP contribution in [0.15, 0.2) is 53.3 Å². The summed E-state index contributed by atoms with van der Waals surface area (Å²) in [6.07, 6.45) is -0.734. The normalized spacial score (nSPS) is 11.8. The van der Waals surface area contributed by atoms with E-state index in [0.29, 0.717) is 41.4 Å². The van der Waals surface area contributed by atoms with Crippen molar-refractivity contribution in [1.29, 1.82) is 0 Å². The largest absolute Gasteiger partial charge is 0.497 e. The summed E-state index contributed by atoms with van der Waals surface area (Å²) < 4.78 is 16.1. The Hall–Kier alpha value is -3.39. The number of rotatable bonds is 9. The van der Waals surface area contributed by atoms with Crippen molar-refractivity contribution < 1.29 is 19.0 Å². The Kier molecular flexibility index (Phi) is 7.03. The maximum Gasteiger partial charge on any atom is 0.263 e. The highest BCUT2D eigenvalue weighted by molar-refractivity contribution is 5.81. The molecule has 0 saturated carbocycles. The number of hydrogen-bond donors (Lipinski definition) is 1. The number of carbonyl (C=O) groups is 1. The number of benzene rings is 2. The van der Waals surface area contributed by atoms with E-state index in [0.717, 1.165) is 0 Å². The third-order valence-electron chi connectivity index (χ3n) is 4.60. The monoisotopic (exact) mass is 411 g/mol. The number of hydrogen-bond acceptors (Lipinski definition) is 6. The summed E-state index contributed by atoms with van der Waals surface area (Å²) in [4.78, 5) is 34.2. The molecule has 0 bridgehead atoms. The number of aromatic nitrogens is 2. The Morgan fingerprint density at radius 3 is 2.50 bits per heavy atom. The van der Waals surface area contributed by atoms with Gasteiger partial charge in [0, 0.05) is 13.7 Å². The number of amides is 1. The number of H-pyrrole nitrogens is 1. The van der Waals surface area contributed by atoms with E-state index in [4.69, 9.17) is 14.2 Å². The van der Waals surface area contributed by atoms with Crippen LogP contribution in [0.2, 0.25) is 0 Å². The van der Waals surface area contributed by atoms with Gasteiger partial charge in [-0.05, 0) is 43.3 Å². The second kappa shape index (κ2) is 9.89. The van der Waals surface area contributed by atoms with Gasteiger partial charge in [0.15, 0.2) is 6.10 Å². The molecule has 1 aromatic heterocycles. The lowest BCUT2D eigenvalue weighted by atomic mass is 10.2. The van der Waals surface area contributed by atoms with E-state index in [1.54, 1.807) is 68.5 Å². The third kappa shape index (κ3) is 5.15. The maximum absolute atomic E-state index is 13.0. The van der Waals surface area contributed by atoms with Gasteiger partial charge in [-0.1, -0.05) is 12.1 Å². The van der Waals surface area contributed by atoms with Crippen molar-refractivity contribution in [2.75, 3.05) is 27.4 Å². The fraction of sp³-hybridized carbons (Fsp3) is 0.318. The summed E-state index contributed by atoms with van der Waals surface area (Å²) >= 11 is 0. The minimum Gasteiger partial charge on any atom is -0.497 e. The lowest BCUT2D eigenvalue weighted by Gasteiger charge is -2.25. The average Bonchev–Trinajstić information content (AvgIpc) is 2.76. The fourth-order valence-corrected chi connectivity index (χ4v) is 3.03. The first-order valence-electron chi connectivity index (χ1n) is 9.58. The number of methoxy groups -OCH3 is 2. The fourth-order valence-electron chi connectivity index (χ4n) is 3.03. The van der Waals surface area contributed by atoms with Gasteiger partial charge in [-0.3, -0.25) is 9.59 Å². The molecule has 0 radical (unpaired) electrons. The molecule has 0 fully saturated rings. The molecular formula is C22H25N3O5. The van der Waals surface area contributed by atoms with E-state index in [1.165, 1.54) is 0 Å². The van der Waals surface area contributed by atoms with Crippen molar-refractivity contribution in [3.8, 4) is 11.5 Å². The first kappa shape index (κ1) is 21.3. The molecule has 1 N–H and O–H groups in total. The van der Waals surface area contributed by atoms with E-state index in [9.17, 15) is 9.59 Å². The number of para-hydroxylation sites is 1. The van der Waals surface area contributed by atoms with Crippen molar-refractivity contribution in [2.24, 2.45) is 0 Å². The Morgan fingerprint density at radius 1 is 1.10 bits per heavy atom. The third-order valence-corrected chi connectivity index (χ3v) is 4.60. The number of ether oxygens (including phenoxy) is 3. The molecule has 0 spiro atoms. The molecular weight excluding hydrogens is 386 g/mol. The lowest BCUT2D eigenvalue weighted by molar-refractivity contribution is -0.139. The molecule has 8 nitrogen and oxygen atoms in total. The van der Waals surface area contributed by atoms with Crippen LogP contribution in [-0.2, 0) is 16.1 Å². The number of carbonyl (C=O) groups excluding carboxylic acids is 1. The van der Waals surface area contributed by atoms with E-state index < -0.39 is 6.10 Å². The van der Waals surface area contributed by atoms with E-state index in [2.05, 4.69) is 9.97 Å². The van der Waals surface area contributed by atoms with Crippen LogP contribution >= 0.6 is 0 Å². The Labute approximate surface area is 174 Å². The van der Waals surface area contributed by atoms with Gasteiger partial charge >= 0.3 is 0 Å². The Morgan fingerprint density at radius 2 is 1.80 bits per heavy atom. The van der Waals surface area contributed by atoms with Crippen LogP contribution in [0, 0.1) is 0 Å². The predicted octanol–water partition coefficient (Wildman–Crippen LogP) is 2.37. The molecule has 1 heterocycles. The highest BCUT2D eigenvalue weighted by Crippen LogP contribution is 2.19. The number of nitrogens with one attached hydrogen (secondary N) is 1. The summed E-state index contributed by atoms with van der Waals surface area (Å²) in [5, 5.41) is 0.507. The molecule has 2 aromatic carbocycles. The highest BCUT2D eigenvalue weighted by Gasteiger charge is 2.23. The second-order valence-electron chi connectivity index (χ2n) is 6.72. The summed E-state index contributed by atoms with van der Waals surface area (Å²) in [7, 11) is 3.15. The van der Waals surface area contributed by atoms with Gasteiger partial charge in [0.1, 0.15) is 17.3 Å². The summed E-state index contributed by atoms with van der Waals surface area (Å²) in [6.45, 7) is 2.50. The quantitative estimate of drug-likeness (QED) is 0.581. The van der Waals surface area contributed by atoms with Crippen molar-refractivity contribution in [3.05, 3.63) is 64.7 Å². The zero-order chi connectivity index (χ0) is 21.5. The maximum atomic E-state index is 13.0. The molecule has 8 heteroatoms. The highest BCUT2D eigenvalue weighted by atomic mass is 16.5. The number of aromatic amines is 1. The second-order valence-corrected chi connectivity index (χ2v) is 6.72. The lowest BCUT2D eigenvalue weighted by Crippen LogP contribution is -2.42. The minimum absolute atomic E-state index is 0.137. The molecule has 0 aliphatic heterocycles. The molecule has 1 amide bonds. The Balaban J connectivity index is 1.77. The zero-order valence-electron chi connectivity index (χ0n) is 17.3. The average molecular weight is 411 g/mol. The number of fused-ring (bicyclic) bond motifs is 1. The van der Waals surface area contributed by atoms with Crippen molar-refractivity contribution in [2.45, 2.75) is 19.6 Å². The van der Waals surface area contributed by atoms with Crippen LogP contribution in [-0.4, -0.2) is 54.3 Å². The van der Waals surface area contributed by atoms with Gasteiger partial charge in [-0.2, -0.15) is 0 Å². The zero-order valence-corrected chi connectivity index (χ0v) is 17.3. The van der Waals surface area contributed by atoms with Crippen LogP contribution in [0.5, 0.6) is 11.5 Å². The van der Waals surface area contributed by atoms with Gasteiger partial charge in [0.25, 0.3) is 11.5 Å². The number of nitrogens with zero attached hydrogens (tertiary/aromatic N) is 2. The van der Waals surface area contributed by atoms with E-state index in [-0.39, 0.29) is 18.0 Å². The topological polar surface area (TPSA) is 93.8 Å². The SMILES string of the molecule is COCCN(Cc1nc2ccccc2c(=O)[nH]1)C(=O)[C@H](C)Oc1ccc(OC)cc1. The van der Waals surface area contributed by atoms with Crippen LogP contribution in [0.4, 0.5) is 0 Å². The summed E-state index contributed by atoms with van der Waals surface area (Å²) in [5.74, 6) is 1.42. The molecule has 0 aliphatic rings. The van der Waals surface area contributed by atoms with Gasteiger partial charge in [0.2, 0.25) is 0 Å². The molecule has 30 heavy (non-hydrogen) atoms. The van der Waals surface area contributed by atoms with Crippen LogP contribution in [0.1, 0.15) is 12.7 Å². The van der Waals surface area contributed by atoms with Gasteiger partial charge in [-0.25, -0.2) is 4.98 Å². The summed E-state index contributed by atoms with van der Waals surface area (Å²) in [6, 6.07) is 14.1. The van der Waals surface area contributed by atoms with Gasteiger partial charge in [-0.15, -0.1) is 0 Å². The van der Waals surface area contributed by atoms with Crippen LogP contribution in [0.25, 0.3) is 10.9 Å². The van der Waals surface area contributed by atoms with Crippen molar-refractivity contribution in [3.63, 3.8) is 0 Å². The predicted molar refractivity (Wildman–Crippen MR) is 113 cm³/mol. The minimum atomic E-state index is -0.734. The first-order chi connectivity index (χ1) is 14.5. The van der Waals surface area contributed by atoms with Crippen molar-refractivity contribution >= 4 is 16.8 Å². The first-order valence-corrected chi connectivity index (χ1v) is 9.58. The smallest absolute Gasteiger partial charge is 0.263 e. The summed E-state index contributed by atoms with van der Waals surface area (Å²) in [5.41, 5.74) is 0.343. The molecule has 1 atom stereocenters. The molecule has 158 valence electrons. The molecule has 0 saturated heterocycles. The van der Waals surface area contributed by atoms with Gasteiger partial charge < -0.3 is 24.1 Å². The molecule has 0 unspecified atom stereocenters. The molecule has 3 rings (SSSR count). The van der Waals surface area contributed by atoms with E-state index >= 15 is 0 Å².